The summed E-state index contributed by atoms with van der Waals surface area (Å²) in [5.41, 5.74) is 0.582. The number of hydrogen-bond donors (Lipinski definition) is 1. The molecule has 2 heterocycles. The van der Waals surface area contributed by atoms with Gasteiger partial charge in [0.2, 0.25) is 5.91 Å². The fourth-order valence-corrected chi connectivity index (χ4v) is 3.22. The molecule has 1 N–H and O–H groups in total. The molecule has 0 aliphatic rings. The van der Waals surface area contributed by atoms with Crippen LogP contribution in [0.1, 0.15) is 5.56 Å². The number of hydrogen-bond acceptors (Lipinski definition) is 5. The van der Waals surface area contributed by atoms with Gasteiger partial charge in [-0.1, -0.05) is 40.5 Å². The largest absolute Gasteiger partial charge is 0.322 e. The molecule has 0 bridgehead atoms. The van der Waals surface area contributed by atoms with Crippen LogP contribution < -0.4 is 10.9 Å². The predicted molar refractivity (Wildman–Crippen MR) is 110 cm³/mol. The molecule has 0 fully saturated rings. The molecular formula is C19H13Cl2FN6O2. The number of carbonyl (C=O) groups is 1. The maximum absolute atomic E-state index is 13.8. The third kappa shape index (κ3) is 4.17. The molecule has 0 radical (unpaired) electrons. The van der Waals surface area contributed by atoms with Gasteiger partial charge in [0.05, 0.1) is 12.2 Å². The Bertz CT molecular complexity index is 1320. The molecule has 2 aromatic heterocycles. The molecular weight excluding hydrogens is 434 g/mol. The monoisotopic (exact) mass is 446 g/mol. The summed E-state index contributed by atoms with van der Waals surface area (Å²) in [6.07, 6.45) is 1.22. The first-order chi connectivity index (χ1) is 14.4. The van der Waals surface area contributed by atoms with Crippen LogP contribution in [-0.4, -0.2) is 30.5 Å². The molecule has 8 nitrogen and oxygen atoms in total. The van der Waals surface area contributed by atoms with Crippen LogP contribution >= 0.6 is 23.2 Å². The summed E-state index contributed by atoms with van der Waals surface area (Å²) < 4.78 is 16.4. The van der Waals surface area contributed by atoms with Crippen LogP contribution in [0.3, 0.4) is 0 Å². The van der Waals surface area contributed by atoms with Crippen molar-refractivity contribution in [3.63, 3.8) is 0 Å². The molecule has 2 aromatic carbocycles. The smallest absolute Gasteiger partial charge is 0.283 e. The third-order valence-electron chi connectivity index (χ3n) is 4.23. The van der Waals surface area contributed by atoms with E-state index in [1.807, 2.05) is 6.07 Å². The van der Waals surface area contributed by atoms with Crippen molar-refractivity contribution in [3.8, 4) is 0 Å². The highest BCUT2D eigenvalue weighted by molar-refractivity contribution is 6.30. The summed E-state index contributed by atoms with van der Waals surface area (Å²) in [4.78, 5) is 29.1. The SMILES string of the molecule is O=C(Cn1cnc2c(nnn2Cc2cccc(Cl)c2)c1=O)Nc1ccc(Cl)cc1F. The molecule has 4 rings (SSSR count). The molecule has 0 atom stereocenters. The van der Waals surface area contributed by atoms with E-state index in [4.69, 9.17) is 23.2 Å². The van der Waals surface area contributed by atoms with E-state index < -0.39 is 17.3 Å². The number of carbonyl (C=O) groups excluding carboxylic acids is 1. The van der Waals surface area contributed by atoms with Crippen LogP contribution in [0, 0.1) is 5.82 Å². The van der Waals surface area contributed by atoms with Crippen molar-refractivity contribution in [1.29, 1.82) is 0 Å². The van der Waals surface area contributed by atoms with Crippen molar-refractivity contribution in [2.45, 2.75) is 13.1 Å². The van der Waals surface area contributed by atoms with Gasteiger partial charge in [-0.05, 0) is 35.9 Å². The number of fused-ring (bicyclic) bond motifs is 1. The van der Waals surface area contributed by atoms with Crippen molar-refractivity contribution in [2.75, 3.05) is 5.32 Å². The van der Waals surface area contributed by atoms with E-state index in [0.29, 0.717) is 11.6 Å². The maximum Gasteiger partial charge on any atom is 0.283 e. The van der Waals surface area contributed by atoms with Gasteiger partial charge in [0.15, 0.2) is 11.2 Å². The van der Waals surface area contributed by atoms with Crippen molar-refractivity contribution in [1.82, 2.24) is 24.5 Å². The zero-order valence-electron chi connectivity index (χ0n) is 15.2. The number of rotatable bonds is 5. The van der Waals surface area contributed by atoms with Gasteiger partial charge in [0, 0.05) is 10.0 Å². The van der Waals surface area contributed by atoms with Crippen molar-refractivity contribution in [3.05, 3.63) is 80.6 Å². The second-order valence-electron chi connectivity index (χ2n) is 6.40. The minimum Gasteiger partial charge on any atom is -0.322 e. The van der Waals surface area contributed by atoms with E-state index in [-0.39, 0.29) is 28.4 Å². The van der Waals surface area contributed by atoms with Crippen LogP contribution in [0.5, 0.6) is 0 Å². The topological polar surface area (TPSA) is 94.7 Å². The minimum absolute atomic E-state index is 0.0185. The molecule has 152 valence electrons. The Labute approximate surface area is 178 Å². The highest BCUT2D eigenvalue weighted by Gasteiger charge is 2.15. The molecule has 0 aliphatic heterocycles. The molecule has 1 amide bonds. The van der Waals surface area contributed by atoms with Crippen LogP contribution in [-0.2, 0) is 17.9 Å². The Balaban J connectivity index is 1.55. The maximum atomic E-state index is 13.8. The lowest BCUT2D eigenvalue weighted by molar-refractivity contribution is -0.116. The van der Waals surface area contributed by atoms with Crippen LogP contribution in [0.4, 0.5) is 10.1 Å². The van der Waals surface area contributed by atoms with Gasteiger partial charge >= 0.3 is 0 Å². The summed E-state index contributed by atoms with van der Waals surface area (Å²) in [7, 11) is 0. The zero-order chi connectivity index (χ0) is 21.3. The molecule has 0 aliphatic carbocycles. The van der Waals surface area contributed by atoms with Crippen molar-refractivity contribution < 1.29 is 9.18 Å². The molecule has 11 heteroatoms. The van der Waals surface area contributed by atoms with Gasteiger partial charge in [-0.3, -0.25) is 14.2 Å². The van der Waals surface area contributed by atoms with Crippen LogP contribution in [0.2, 0.25) is 10.0 Å². The first kappa shape index (κ1) is 20.0. The number of anilines is 1. The lowest BCUT2D eigenvalue weighted by atomic mass is 10.2. The van der Waals surface area contributed by atoms with E-state index in [0.717, 1.165) is 16.2 Å². The van der Waals surface area contributed by atoms with E-state index >= 15 is 0 Å². The minimum atomic E-state index is -0.680. The Morgan fingerprint density at radius 3 is 2.70 bits per heavy atom. The third-order valence-corrected chi connectivity index (χ3v) is 4.70. The summed E-state index contributed by atoms with van der Waals surface area (Å²) in [5.74, 6) is -1.29. The lowest BCUT2D eigenvalue weighted by Gasteiger charge is -2.08. The first-order valence-corrected chi connectivity index (χ1v) is 9.44. The van der Waals surface area contributed by atoms with Gasteiger partial charge in [-0.15, -0.1) is 5.10 Å². The highest BCUT2D eigenvalue weighted by atomic mass is 35.5. The average Bonchev–Trinajstić information content (AvgIpc) is 3.10. The quantitative estimate of drug-likeness (QED) is 0.508. The zero-order valence-corrected chi connectivity index (χ0v) is 16.7. The molecule has 30 heavy (non-hydrogen) atoms. The van der Waals surface area contributed by atoms with Gasteiger partial charge < -0.3 is 5.32 Å². The molecule has 4 aromatic rings. The molecule has 0 spiro atoms. The number of aromatic nitrogens is 5. The molecule has 0 unspecified atom stereocenters. The Hall–Kier alpha value is -3.30. The lowest BCUT2D eigenvalue weighted by Crippen LogP contribution is -2.28. The summed E-state index contributed by atoms with van der Waals surface area (Å²) in [5, 5.41) is 11.0. The van der Waals surface area contributed by atoms with Crippen LogP contribution in [0.25, 0.3) is 11.2 Å². The first-order valence-electron chi connectivity index (χ1n) is 8.68. The fraction of sp³-hybridized carbons (Fsp3) is 0.105. The highest BCUT2D eigenvalue weighted by Crippen LogP contribution is 2.19. The van der Waals surface area contributed by atoms with Gasteiger partial charge in [-0.2, -0.15) is 0 Å². The summed E-state index contributed by atoms with van der Waals surface area (Å²) >= 11 is 11.7. The average molecular weight is 447 g/mol. The van der Waals surface area contributed by atoms with Gasteiger partial charge in [-0.25, -0.2) is 14.1 Å². The fourth-order valence-electron chi connectivity index (χ4n) is 2.85. The van der Waals surface area contributed by atoms with E-state index in [1.54, 1.807) is 18.2 Å². The van der Waals surface area contributed by atoms with E-state index in [9.17, 15) is 14.0 Å². The standard InChI is InChI=1S/C19H13Cl2FN6O2/c20-12-3-1-2-11(6-12)8-28-18-17(25-26-28)19(30)27(10-23-18)9-16(29)24-15-5-4-13(21)7-14(15)22/h1-7,10H,8-9H2,(H,24,29). The number of nitrogens with one attached hydrogen (secondary N) is 1. The normalized spacial score (nSPS) is 11.0. The second kappa shape index (κ2) is 8.21. The summed E-state index contributed by atoms with van der Waals surface area (Å²) in [6, 6.07) is 11.0. The summed E-state index contributed by atoms with van der Waals surface area (Å²) in [6.45, 7) is -0.0468. The number of halogens is 3. The number of benzene rings is 2. The number of amides is 1. The van der Waals surface area contributed by atoms with Crippen molar-refractivity contribution in [2.24, 2.45) is 0 Å². The predicted octanol–water partition coefficient (Wildman–Crippen LogP) is 3.12. The molecule has 0 saturated carbocycles. The second-order valence-corrected chi connectivity index (χ2v) is 7.27. The van der Waals surface area contributed by atoms with Crippen molar-refractivity contribution >= 4 is 46.0 Å². The Kier molecular flexibility index (Phi) is 5.47. The van der Waals surface area contributed by atoms with Crippen LogP contribution in [0.15, 0.2) is 53.6 Å². The van der Waals surface area contributed by atoms with E-state index in [2.05, 4.69) is 20.6 Å². The molecule has 0 saturated heterocycles. The Morgan fingerprint density at radius 2 is 1.93 bits per heavy atom. The number of nitrogens with zero attached hydrogens (tertiary/aromatic N) is 5. The van der Waals surface area contributed by atoms with Gasteiger partial charge in [0.1, 0.15) is 18.7 Å². The van der Waals surface area contributed by atoms with Gasteiger partial charge in [0.25, 0.3) is 5.56 Å². The Morgan fingerprint density at radius 1 is 1.13 bits per heavy atom. The van der Waals surface area contributed by atoms with E-state index in [1.165, 1.54) is 23.1 Å².